The van der Waals surface area contributed by atoms with Crippen LogP contribution in [0.15, 0.2) is 0 Å². The molecule has 1 aliphatic carbocycles. The van der Waals surface area contributed by atoms with Gasteiger partial charge in [0.2, 0.25) is 0 Å². The number of rotatable bonds is 64. The van der Waals surface area contributed by atoms with Crippen LogP contribution in [0, 0.1) is 5.92 Å². The Kier molecular flexibility index (Phi) is 53.5. The summed E-state index contributed by atoms with van der Waals surface area (Å²) in [5, 5.41) is 110. The highest BCUT2D eigenvalue weighted by molar-refractivity contribution is 7.47. The quantitative estimate of drug-likeness (QED) is 0.0117. The third kappa shape index (κ3) is 40.4. The summed E-state index contributed by atoms with van der Waals surface area (Å²) in [6, 6.07) is 0. The first-order chi connectivity index (χ1) is 49.2. The Morgan fingerprint density at radius 1 is 0.373 bits per heavy atom. The summed E-state index contributed by atoms with van der Waals surface area (Å²) in [4.78, 5) is 51.2. The van der Waals surface area contributed by atoms with Gasteiger partial charge in [-0.25, -0.2) is 4.57 Å². The van der Waals surface area contributed by atoms with Gasteiger partial charge < -0.3 is 89.1 Å². The summed E-state index contributed by atoms with van der Waals surface area (Å²) < 4.78 is 65.3. The van der Waals surface area contributed by atoms with Crippen LogP contribution in [0.5, 0.6) is 0 Å². The van der Waals surface area contributed by atoms with Crippen LogP contribution in [0.4, 0.5) is 0 Å². The van der Waals surface area contributed by atoms with Gasteiger partial charge in [-0.15, -0.1) is 0 Å². The molecule has 0 bridgehead atoms. The topological polar surface area (TPSA) is 374 Å². The Bertz CT molecular complexity index is 2120. The molecule has 2 saturated heterocycles. The minimum atomic E-state index is -5.70. The number of hydrogen-bond donors (Lipinski definition) is 11. The van der Waals surface area contributed by atoms with Crippen LogP contribution in [-0.4, -0.2) is 204 Å². The van der Waals surface area contributed by atoms with Gasteiger partial charge in [-0.3, -0.25) is 23.4 Å². The van der Waals surface area contributed by atoms with Gasteiger partial charge in [0.25, 0.3) is 0 Å². The number of hydrogen-bond acceptors (Lipinski definition) is 23. The van der Waals surface area contributed by atoms with Crippen LogP contribution in [-0.2, 0) is 61.2 Å². The smallest absolute Gasteiger partial charge is 0.463 e. The number of ether oxygens (including phenoxy) is 7. The van der Waals surface area contributed by atoms with Crippen molar-refractivity contribution in [1.29, 1.82) is 0 Å². The molecule has 2 aliphatic heterocycles. The number of unbranched alkanes of at least 4 members (excludes halogenated alkanes) is 39. The summed E-state index contributed by atoms with van der Waals surface area (Å²) in [7, 11) is -5.70. The van der Waals surface area contributed by atoms with Gasteiger partial charge >= 0.3 is 25.7 Å². The first-order valence-electron chi connectivity index (χ1n) is 40.7. The van der Waals surface area contributed by atoms with Crippen molar-refractivity contribution in [2.75, 3.05) is 26.4 Å². The van der Waals surface area contributed by atoms with Crippen molar-refractivity contribution in [2.24, 2.45) is 5.92 Å². The van der Waals surface area contributed by atoms with E-state index in [1.165, 1.54) is 180 Å². The van der Waals surface area contributed by atoms with Gasteiger partial charge in [-0.05, 0) is 25.2 Å². The van der Waals surface area contributed by atoms with Gasteiger partial charge in [0.05, 0.1) is 13.2 Å². The molecule has 3 fully saturated rings. The predicted octanol–water partition coefficient (Wildman–Crippen LogP) is 12.4. The molecule has 0 amide bonds. The molecule has 19 unspecified atom stereocenters. The van der Waals surface area contributed by atoms with Gasteiger partial charge in [-0.2, -0.15) is 0 Å². The monoisotopic (exact) mass is 1480 g/mol. The molecule has 0 radical (unpaired) electrons. The maximum absolute atomic E-state index is 14.4. The van der Waals surface area contributed by atoms with Crippen LogP contribution >= 0.6 is 7.82 Å². The maximum atomic E-state index is 14.4. The van der Waals surface area contributed by atoms with E-state index in [9.17, 15) is 74.9 Å². The van der Waals surface area contributed by atoms with Crippen molar-refractivity contribution in [3.63, 3.8) is 0 Å². The van der Waals surface area contributed by atoms with E-state index in [0.717, 1.165) is 89.9 Å². The summed E-state index contributed by atoms with van der Waals surface area (Å²) in [5.74, 6) is -1.29. The molecule has 3 aliphatic rings. The number of phosphoric ester groups is 1. The van der Waals surface area contributed by atoms with Crippen molar-refractivity contribution < 1.29 is 117 Å². The predicted molar refractivity (Wildman–Crippen MR) is 388 cm³/mol. The van der Waals surface area contributed by atoms with E-state index in [0.29, 0.717) is 25.2 Å². The highest BCUT2D eigenvalue weighted by Crippen LogP contribution is 2.49. The summed E-state index contributed by atoms with van der Waals surface area (Å²) in [6.45, 7) is 5.82. The zero-order valence-electron chi connectivity index (χ0n) is 63.3. The second kappa shape index (κ2) is 58.0. The Morgan fingerprint density at radius 2 is 0.686 bits per heavy atom. The van der Waals surface area contributed by atoms with E-state index < -0.39 is 156 Å². The minimum absolute atomic E-state index is 0.0339. The Balaban J connectivity index is 1.70. The van der Waals surface area contributed by atoms with Gasteiger partial charge in [0.15, 0.2) is 18.7 Å². The second-order valence-electron chi connectivity index (χ2n) is 29.8. The molecule has 3 rings (SSSR count). The third-order valence-corrected chi connectivity index (χ3v) is 21.5. The van der Waals surface area contributed by atoms with Crippen molar-refractivity contribution in [2.45, 2.75) is 440 Å². The molecule has 24 nitrogen and oxygen atoms in total. The normalized spacial score (nSPS) is 27.3. The molecule has 0 aromatic rings. The Hall–Kier alpha value is -2.04. The molecular formula is C77H145O24P. The average Bonchev–Trinajstić information content (AvgIpc) is 0.761. The second-order valence-corrected chi connectivity index (χ2v) is 31.2. The van der Waals surface area contributed by atoms with Gasteiger partial charge in [0, 0.05) is 19.3 Å². The number of aliphatic hydroxyl groups excluding tert-OH is 10. The highest BCUT2D eigenvalue weighted by atomic mass is 31.2. The lowest BCUT2D eigenvalue weighted by Gasteiger charge is -2.49. The lowest BCUT2D eigenvalue weighted by atomic mass is 9.84. The van der Waals surface area contributed by atoms with Gasteiger partial charge in [0.1, 0.15) is 98.7 Å². The van der Waals surface area contributed by atoms with E-state index in [4.69, 9.17) is 42.2 Å². The van der Waals surface area contributed by atoms with Crippen molar-refractivity contribution in [3.8, 4) is 0 Å². The van der Waals surface area contributed by atoms with Gasteiger partial charge in [-0.1, -0.05) is 297 Å². The number of carbonyl (C=O) groups excluding carboxylic acids is 3. The summed E-state index contributed by atoms with van der Waals surface area (Å²) >= 11 is 0. The summed E-state index contributed by atoms with van der Waals surface area (Å²) in [6.07, 6.45) is 15.7. The molecule has 602 valence electrons. The fourth-order valence-electron chi connectivity index (χ4n) is 13.8. The van der Waals surface area contributed by atoms with Crippen molar-refractivity contribution >= 4 is 25.7 Å². The fraction of sp³-hybridized carbons (Fsp3) is 0.961. The zero-order chi connectivity index (χ0) is 74.8. The molecular weight excluding hydrogens is 1340 g/mol. The largest absolute Gasteiger partial charge is 0.472 e. The third-order valence-electron chi connectivity index (χ3n) is 20.5. The molecule has 1 saturated carbocycles. The lowest BCUT2D eigenvalue weighted by Crippen LogP contribution is -2.69. The fourth-order valence-corrected chi connectivity index (χ4v) is 14.8. The zero-order valence-corrected chi connectivity index (χ0v) is 64.2. The molecule has 2 heterocycles. The van der Waals surface area contributed by atoms with Crippen LogP contribution < -0.4 is 0 Å². The number of phosphoric acid groups is 1. The van der Waals surface area contributed by atoms with E-state index in [1.807, 2.05) is 0 Å². The van der Waals surface area contributed by atoms with Crippen molar-refractivity contribution in [1.82, 2.24) is 0 Å². The first kappa shape index (κ1) is 94.2. The Morgan fingerprint density at radius 3 is 1.06 bits per heavy atom. The number of esters is 3. The molecule has 102 heavy (non-hydrogen) atoms. The van der Waals surface area contributed by atoms with E-state index in [-0.39, 0.29) is 19.3 Å². The van der Waals surface area contributed by atoms with Crippen LogP contribution in [0.25, 0.3) is 0 Å². The van der Waals surface area contributed by atoms with E-state index in [1.54, 1.807) is 0 Å². The molecule has 11 N–H and O–H groups in total. The maximum Gasteiger partial charge on any atom is 0.472 e. The molecule has 0 spiro atoms. The standard InChI is InChI=1S/C77H145O24P/c1-5-8-11-14-17-19-21-23-25-26-27-29-31-33-35-41-46-51-62(80)94-56-60-65(83)67(85)72(90)77(98-60)100-74-70(88)68(86)69(87)73(99-76-71(89)66(84)64(82)59(53-78)97-76)75(74)101-102(91,92)95-55-58(54-93-61(79)50-45-40-34-32-30-28-24-22-20-18-15-12-9-6-2)96-63(81)52-47-42-37-36-39-44-49-57(4)48-43-38-16-13-10-7-3/h57-60,64-78,82-90H,5-56H2,1-4H3,(H,91,92). The average molecular weight is 1490 g/mol. The SMILES string of the molecule is CCCCCCCCCCCCCCCCCCCC(=O)OCC1OC(OC2C(O)C(O)C(O)C(OC3OC(CO)C(O)C(O)C3O)C2OP(=O)(O)OCC(COC(=O)CCCCCCCCCCCCCCCC)OC(=O)CCCCCCCCC(C)CCCCCCCC)C(O)C(O)C1O. The minimum Gasteiger partial charge on any atom is -0.463 e. The van der Waals surface area contributed by atoms with Crippen LogP contribution in [0.3, 0.4) is 0 Å². The van der Waals surface area contributed by atoms with Crippen LogP contribution in [0.1, 0.15) is 336 Å². The Labute approximate surface area is 612 Å². The van der Waals surface area contributed by atoms with Crippen molar-refractivity contribution in [3.05, 3.63) is 0 Å². The number of aliphatic hydroxyl groups is 10. The molecule has 25 heteroatoms. The highest BCUT2D eigenvalue weighted by Gasteiger charge is 2.58. The molecule has 0 aromatic heterocycles. The molecule has 19 atom stereocenters. The van der Waals surface area contributed by atoms with E-state index >= 15 is 0 Å². The lowest BCUT2D eigenvalue weighted by molar-refractivity contribution is -0.360. The van der Waals surface area contributed by atoms with E-state index in [2.05, 4.69) is 27.7 Å². The number of carbonyl (C=O) groups is 3. The van der Waals surface area contributed by atoms with Crippen LogP contribution in [0.2, 0.25) is 0 Å². The summed E-state index contributed by atoms with van der Waals surface area (Å²) in [5.41, 5.74) is 0. The molecule has 0 aromatic carbocycles. The first-order valence-corrected chi connectivity index (χ1v) is 42.2.